The van der Waals surface area contributed by atoms with Gasteiger partial charge in [0.2, 0.25) is 0 Å². The van der Waals surface area contributed by atoms with Crippen LogP contribution in [0.15, 0.2) is 24.4 Å². The number of nitrogens with one attached hydrogen (secondary N) is 1. The van der Waals surface area contributed by atoms with Crippen LogP contribution in [-0.2, 0) is 9.53 Å². The maximum Gasteiger partial charge on any atom is 0.359 e. The number of hydrogen-bond donors (Lipinski definition) is 1. The van der Waals surface area contributed by atoms with Crippen LogP contribution in [0, 0.1) is 20.8 Å². The van der Waals surface area contributed by atoms with Gasteiger partial charge in [-0.3, -0.25) is 4.79 Å². The highest BCUT2D eigenvalue weighted by molar-refractivity contribution is 6.37. The van der Waals surface area contributed by atoms with Gasteiger partial charge in [0.05, 0.1) is 20.8 Å². The molecule has 30 heavy (non-hydrogen) atoms. The van der Waals surface area contributed by atoms with Crippen LogP contribution in [0.3, 0.4) is 0 Å². The van der Waals surface area contributed by atoms with Gasteiger partial charge in [-0.25, -0.2) is 19.4 Å². The van der Waals surface area contributed by atoms with Gasteiger partial charge < -0.3 is 10.1 Å². The van der Waals surface area contributed by atoms with E-state index in [1.165, 1.54) is 12.3 Å². The molecule has 11 heteroatoms. The van der Waals surface area contributed by atoms with Crippen LogP contribution in [0.25, 0.3) is 5.82 Å². The summed E-state index contributed by atoms with van der Waals surface area (Å²) < 4.78 is 6.61. The first-order chi connectivity index (χ1) is 14.2. The first-order valence-electron chi connectivity index (χ1n) is 8.65. The molecule has 0 spiro atoms. The third kappa shape index (κ3) is 4.72. The molecule has 8 nitrogen and oxygen atoms in total. The standard InChI is InChI=1S/C19H16Cl3N5O3/c1-9-6-10(2)27(26-9)14-5-4-12(20)17(24-14)19(29)30-8-15(28)25-18-16(22)11(3)13(21)7-23-18/h4-7H,8H2,1-3H3,(H,23,25,28). The van der Waals surface area contributed by atoms with Gasteiger partial charge in [0.25, 0.3) is 5.91 Å². The van der Waals surface area contributed by atoms with E-state index in [0.717, 1.165) is 11.4 Å². The monoisotopic (exact) mass is 467 g/mol. The summed E-state index contributed by atoms with van der Waals surface area (Å²) in [6.07, 6.45) is 1.36. The minimum absolute atomic E-state index is 0.0868. The van der Waals surface area contributed by atoms with Gasteiger partial charge in [-0.1, -0.05) is 34.8 Å². The van der Waals surface area contributed by atoms with E-state index in [0.29, 0.717) is 16.4 Å². The van der Waals surface area contributed by atoms with Crippen LogP contribution in [0.2, 0.25) is 15.1 Å². The lowest BCUT2D eigenvalue weighted by atomic mass is 10.3. The highest BCUT2D eigenvalue weighted by Gasteiger charge is 2.19. The van der Waals surface area contributed by atoms with Crippen molar-refractivity contribution in [2.45, 2.75) is 20.8 Å². The Bertz CT molecular complexity index is 1150. The Morgan fingerprint density at radius 1 is 1.13 bits per heavy atom. The number of aromatic nitrogens is 4. The highest BCUT2D eigenvalue weighted by Crippen LogP contribution is 2.28. The molecular formula is C19H16Cl3N5O3. The van der Waals surface area contributed by atoms with Crippen molar-refractivity contribution >= 4 is 52.5 Å². The lowest BCUT2D eigenvalue weighted by Gasteiger charge is -2.10. The Labute approximate surface area is 187 Å². The van der Waals surface area contributed by atoms with E-state index in [2.05, 4.69) is 20.4 Å². The molecule has 1 amide bonds. The molecule has 3 rings (SSSR count). The van der Waals surface area contributed by atoms with Crippen molar-refractivity contribution in [2.24, 2.45) is 0 Å². The number of carbonyl (C=O) groups excluding carboxylic acids is 2. The second kappa shape index (κ2) is 8.99. The Balaban J connectivity index is 1.70. The molecule has 0 bridgehead atoms. The van der Waals surface area contributed by atoms with Crippen molar-refractivity contribution in [3.05, 3.63) is 62.1 Å². The molecule has 3 aromatic rings. The van der Waals surface area contributed by atoms with Crippen LogP contribution in [-0.4, -0.2) is 38.2 Å². The summed E-state index contributed by atoms with van der Waals surface area (Å²) in [5.41, 5.74) is 2.07. The topological polar surface area (TPSA) is 99.0 Å². The predicted molar refractivity (Wildman–Crippen MR) is 114 cm³/mol. The summed E-state index contributed by atoms with van der Waals surface area (Å²) in [6, 6.07) is 5.01. The van der Waals surface area contributed by atoms with Crippen molar-refractivity contribution < 1.29 is 14.3 Å². The summed E-state index contributed by atoms with van der Waals surface area (Å²) in [6.45, 7) is 4.80. The molecule has 0 fully saturated rings. The Morgan fingerprint density at radius 2 is 1.87 bits per heavy atom. The quantitative estimate of drug-likeness (QED) is 0.559. The molecule has 3 aromatic heterocycles. The molecule has 0 aliphatic rings. The summed E-state index contributed by atoms with van der Waals surface area (Å²) in [7, 11) is 0. The molecule has 0 aliphatic carbocycles. The molecule has 3 heterocycles. The highest BCUT2D eigenvalue weighted by atomic mass is 35.5. The zero-order chi connectivity index (χ0) is 22.0. The Hall–Kier alpha value is -2.68. The van der Waals surface area contributed by atoms with E-state index in [1.807, 2.05) is 19.9 Å². The number of ether oxygens (including phenoxy) is 1. The zero-order valence-electron chi connectivity index (χ0n) is 16.2. The first-order valence-corrected chi connectivity index (χ1v) is 9.78. The number of aryl methyl sites for hydroxylation is 2. The second-order valence-electron chi connectivity index (χ2n) is 6.36. The van der Waals surface area contributed by atoms with Crippen molar-refractivity contribution in [3.63, 3.8) is 0 Å². The molecule has 156 valence electrons. The summed E-state index contributed by atoms with van der Waals surface area (Å²) >= 11 is 18.1. The third-order valence-corrected chi connectivity index (χ3v) is 5.19. The second-order valence-corrected chi connectivity index (χ2v) is 7.55. The maximum absolute atomic E-state index is 12.4. The fourth-order valence-corrected chi connectivity index (χ4v) is 3.14. The number of esters is 1. The van der Waals surface area contributed by atoms with Crippen LogP contribution in [0.1, 0.15) is 27.4 Å². The van der Waals surface area contributed by atoms with E-state index in [9.17, 15) is 9.59 Å². The van der Waals surface area contributed by atoms with Gasteiger partial charge in [-0.2, -0.15) is 5.10 Å². The number of carbonyl (C=O) groups is 2. The van der Waals surface area contributed by atoms with Gasteiger partial charge >= 0.3 is 5.97 Å². The molecule has 0 aromatic carbocycles. The summed E-state index contributed by atoms with van der Waals surface area (Å²) in [5.74, 6) is -0.980. The number of rotatable bonds is 5. The van der Waals surface area contributed by atoms with Crippen molar-refractivity contribution in [1.82, 2.24) is 19.7 Å². The Kier molecular flexibility index (Phi) is 6.60. The van der Waals surface area contributed by atoms with Crippen LogP contribution >= 0.6 is 34.8 Å². The summed E-state index contributed by atoms with van der Waals surface area (Å²) in [5, 5.41) is 7.43. The largest absolute Gasteiger partial charge is 0.451 e. The van der Waals surface area contributed by atoms with E-state index in [-0.39, 0.29) is 21.6 Å². The lowest BCUT2D eigenvalue weighted by molar-refractivity contribution is -0.119. The number of hydrogen-bond acceptors (Lipinski definition) is 6. The third-order valence-electron chi connectivity index (χ3n) is 4.05. The maximum atomic E-state index is 12.4. The minimum atomic E-state index is -0.857. The van der Waals surface area contributed by atoms with Crippen molar-refractivity contribution in [2.75, 3.05) is 11.9 Å². The predicted octanol–water partition coefficient (Wildman–Crippen LogP) is 4.34. The van der Waals surface area contributed by atoms with E-state index < -0.39 is 18.5 Å². The number of anilines is 1. The van der Waals surface area contributed by atoms with Crippen LogP contribution in [0.4, 0.5) is 5.82 Å². The van der Waals surface area contributed by atoms with Crippen LogP contribution in [0.5, 0.6) is 0 Å². The van der Waals surface area contributed by atoms with Gasteiger partial charge in [0.1, 0.15) is 0 Å². The summed E-state index contributed by atoms with van der Waals surface area (Å²) in [4.78, 5) is 32.7. The average Bonchev–Trinajstić information content (AvgIpc) is 3.05. The molecule has 0 unspecified atom stereocenters. The molecule has 1 N–H and O–H groups in total. The number of halogens is 3. The molecule has 0 saturated heterocycles. The smallest absolute Gasteiger partial charge is 0.359 e. The molecule has 0 saturated carbocycles. The lowest BCUT2D eigenvalue weighted by Crippen LogP contribution is -2.22. The number of amides is 1. The van der Waals surface area contributed by atoms with E-state index >= 15 is 0 Å². The van der Waals surface area contributed by atoms with Gasteiger partial charge in [-0.15, -0.1) is 0 Å². The molecular weight excluding hydrogens is 453 g/mol. The minimum Gasteiger partial charge on any atom is -0.451 e. The molecule has 0 aliphatic heterocycles. The average molecular weight is 469 g/mol. The molecule has 0 atom stereocenters. The number of pyridine rings is 2. The van der Waals surface area contributed by atoms with Crippen LogP contribution < -0.4 is 5.32 Å². The van der Waals surface area contributed by atoms with Gasteiger partial charge in [0, 0.05) is 11.9 Å². The SMILES string of the molecule is Cc1cc(C)n(-c2ccc(Cl)c(C(=O)OCC(=O)Nc3ncc(Cl)c(C)c3Cl)n2)n1. The van der Waals surface area contributed by atoms with Crippen molar-refractivity contribution in [3.8, 4) is 5.82 Å². The normalized spacial score (nSPS) is 10.7. The zero-order valence-corrected chi connectivity index (χ0v) is 18.4. The molecule has 0 radical (unpaired) electrons. The number of nitrogens with zero attached hydrogens (tertiary/aromatic N) is 4. The van der Waals surface area contributed by atoms with E-state index in [1.54, 1.807) is 17.7 Å². The fourth-order valence-electron chi connectivity index (χ4n) is 2.57. The van der Waals surface area contributed by atoms with Crippen molar-refractivity contribution in [1.29, 1.82) is 0 Å². The Morgan fingerprint density at radius 3 is 2.53 bits per heavy atom. The van der Waals surface area contributed by atoms with E-state index in [4.69, 9.17) is 39.5 Å². The van der Waals surface area contributed by atoms with Gasteiger partial charge in [-0.05, 0) is 44.5 Å². The first kappa shape index (κ1) is 22.0. The van der Waals surface area contributed by atoms with Gasteiger partial charge in [0.15, 0.2) is 23.9 Å². The fraction of sp³-hybridized carbons (Fsp3) is 0.211.